The van der Waals surface area contributed by atoms with Gasteiger partial charge in [-0.25, -0.2) is 13.4 Å². The van der Waals surface area contributed by atoms with Gasteiger partial charge in [-0.2, -0.15) is 0 Å². The van der Waals surface area contributed by atoms with Crippen LogP contribution in [0.5, 0.6) is 0 Å². The largest absolute Gasteiger partial charge is 0.466 e. The van der Waals surface area contributed by atoms with E-state index in [0.29, 0.717) is 35.0 Å². The number of sulfone groups is 1. The van der Waals surface area contributed by atoms with Crippen molar-refractivity contribution in [3.05, 3.63) is 46.7 Å². The van der Waals surface area contributed by atoms with Crippen LogP contribution < -0.4 is 5.32 Å². The summed E-state index contributed by atoms with van der Waals surface area (Å²) in [7, 11) is -3.58. The van der Waals surface area contributed by atoms with Crippen LogP contribution in [-0.2, 0) is 42.9 Å². The van der Waals surface area contributed by atoms with Crippen LogP contribution in [0.15, 0.2) is 39.7 Å². The zero-order chi connectivity index (χ0) is 24.7. The molecule has 0 aliphatic carbocycles. The number of nitrogens with one attached hydrogen (secondary N) is 1. The van der Waals surface area contributed by atoms with E-state index in [2.05, 4.69) is 20.5 Å². The first-order chi connectivity index (χ1) is 16.2. The Morgan fingerprint density at radius 1 is 1.18 bits per heavy atom. The van der Waals surface area contributed by atoms with Crippen molar-refractivity contribution < 1.29 is 22.7 Å². The summed E-state index contributed by atoms with van der Waals surface area (Å²) >= 11 is 2.37. The number of anilines is 1. The van der Waals surface area contributed by atoms with Gasteiger partial charge >= 0.3 is 5.97 Å². The smallest absolute Gasteiger partial charge is 0.311 e. The number of ether oxygens (including phenoxy) is 1. The number of benzene rings is 1. The van der Waals surface area contributed by atoms with E-state index in [1.807, 2.05) is 13.8 Å². The van der Waals surface area contributed by atoms with Gasteiger partial charge in [0.05, 0.1) is 29.4 Å². The topological polar surface area (TPSA) is 133 Å². The number of carbonyl (C=O) groups excluding carboxylic acids is 2. The van der Waals surface area contributed by atoms with Gasteiger partial charge in [-0.3, -0.25) is 9.59 Å². The van der Waals surface area contributed by atoms with E-state index in [4.69, 9.17) is 4.74 Å². The number of thiazole rings is 1. The number of carbonyl (C=O) groups is 2. The maximum absolute atomic E-state index is 12.8. The maximum Gasteiger partial charge on any atom is 0.311 e. The summed E-state index contributed by atoms with van der Waals surface area (Å²) in [6, 6.07) is 6.65. The second kappa shape index (κ2) is 11.6. The molecule has 2 heterocycles. The Morgan fingerprint density at radius 2 is 1.91 bits per heavy atom. The lowest BCUT2D eigenvalue weighted by atomic mass is 10.2. The molecular weight excluding hydrogens is 498 g/mol. The molecule has 182 valence electrons. The number of aromatic nitrogens is 4. The van der Waals surface area contributed by atoms with E-state index in [0.717, 1.165) is 17.3 Å². The third-order valence-corrected chi connectivity index (χ3v) is 7.97. The molecule has 1 amide bonds. The molecule has 0 atom stereocenters. The average molecular weight is 524 g/mol. The van der Waals surface area contributed by atoms with Crippen molar-refractivity contribution in [2.45, 2.75) is 49.5 Å². The van der Waals surface area contributed by atoms with E-state index in [1.54, 1.807) is 41.1 Å². The van der Waals surface area contributed by atoms with Crippen LogP contribution in [0.3, 0.4) is 0 Å². The summed E-state index contributed by atoms with van der Waals surface area (Å²) in [6.07, 6.45) is 0.0445. The fraction of sp³-hybridized carbons (Fsp3) is 0.381. The minimum absolute atomic E-state index is 0.0373. The van der Waals surface area contributed by atoms with Crippen molar-refractivity contribution in [3.63, 3.8) is 0 Å². The van der Waals surface area contributed by atoms with E-state index in [-0.39, 0.29) is 34.7 Å². The summed E-state index contributed by atoms with van der Waals surface area (Å²) in [5.41, 5.74) is 1.50. The van der Waals surface area contributed by atoms with Crippen LogP contribution in [0.1, 0.15) is 30.9 Å². The first-order valence-corrected chi connectivity index (χ1v) is 14.0. The molecule has 0 fully saturated rings. The monoisotopic (exact) mass is 523 g/mol. The van der Waals surface area contributed by atoms with E-state index < -0.39 is 9.84 Å². The molecule has 2 aromatic heterocycles. The number of aryl methyl sites for hydroxylation is 1. The molecule has 0 bridgehead atoms. The van der Waals surface area contributed by atoms with Gasteiger partial charge in [0.1, 0.15) is 11.6 Å². The molecule has 0 saturated heterocycles. The first-order valence-electron chi connectivity index (χ1n) is 10.5. The van der Waals surface area contributed by atoms with Crippen molar-refractivity contribution in [3.8, 4) is 0 Å². The van der Waals surface area contributed by atoms with Crippen LogP contribution in [0.2, 0.25) is 0 Å². The number of amides is 1. The van der Waals surface area contributed by atoms with Gasteiger partial charge in [0.25, 0.3) is 0 Å². The van der Waals surface area contributed by atoms with Crippen LogP contribution >= 0.6 is 23.1 Å². The predicted molar refractivity (Wildman–Crippen MR) is 130 cm³/mol. The Morgan fingerprint density at radius 3 is 2.59 bits per heavy atom. The molecule has 10 nitrogen and oxygen atoms in total. The zero-order valence-electron chi connectivity index (χ0n) is 19.0. The molecule has 34 heavy (non-hydrogen) atoms. The summed E-state index contributed by atoms with van der Waals surface area (Å²) in [5, 5.41) is 13.3. The van der Waals surface area contributed by atoms with Gasteiger partial charge in [0.2, 0.25) is 5.91 Å². The Hall–Kier alpha value is -2.77. The average Bonchev–Trinajstić information content (AvgIpc) is 3.38. The Labute approximate surface area is 206 Å². The molecule has 0 spiro atoms. The Kier molecular flexibility index (Phi) is 8.80. The maximum atomic E-state index is 12.8. The molecule has 0 unspecified atom stereocenters. The molecule has 0 saturated carbocycles. The second-order valence-electron chi connectivity index (χ2n) is 7.18. The number of hydrogen-bond acceptors (Lipinski definition) is 10. The summed E-state index contributed by atoms with van der Waals surface area (Å²) in [6.45, 7) is 6.23. The number of hydrogen-bond donors (Lipinski definition) is 1. The molecule has 3 rings (SSSR count). The lowest BCUT2D eigenvalue weighted by Crippen LogP contribution is -2.15. The molecule has 13 heteroatoms. The number of thioether (sulfide) groups is 1. The fourth-order valence-electron chi connectivity index (χ4n) is 2.94. The Balaban J connectivity index is 1.59. The Bertz CT molecular complexity index is 1250. The summed E-state index contributed by atoms with van der Waals surface area (Å²) in [4.78, 5) is 28.3. The van der Waals surface area contributed by atoms with Gasteiger partial charge in [0.15, 0.2) is 20.1 Å². The molecule has 1 aromatic carbocycles. The minimum atomic E-state index is -3.58. The molecule has 0 radical (unpaired) electrons. The SMILES string of the molecule is CCOC(=O)Cc1csc(NC(=O)CSc2nnc(CS(=O)(=O)c3ccc(C)cc3)n2CC)n1. The predicted octanol–water partition coefficient (Wildman–Crippen LogP) is 2.87. The van der Waals surface area contributed by atoms with Crippen molar-refractivity contribution >= 4 is 49.9 Å². The number of nitrogens with zero attached hydrogens (tertiary/aromatic N) is 4. The van der Waals surface area contributed by atoms with Gasteiger partial charge in [-0.1, -0.05) is 29.5 Å². The third kappa shape index (κ3) is 6.87. The van der Waals surface area contributed by atoms with Crippen molar-refractivity contribution in [1.29, 1.82) is 0 Å². The lowest BCUT2D eigenvalue weighted by Gasteiger charge is -2.08. The van der Waals surface area contributed by atoms with Gasteiger partial charge < -0.3 is 14.6 Å². The second-order valence-corrected chi connectivity index (χ2v) is 11.0. The van der Waals surface area contributed by atoms with Gasteiger partial charge in [-0.15, -0.1) is 21.5 Å². The molecule has 0 aliphatic heterocycles. The van der Waals surface area contributed by atoms with E-state index >= 15 is 0 Å². The van der Waals surface area contributed by atoms with Crippen LogP contribution in [0.25, 0.3) is 0 Å². The highest BCUT2D eigenvalue weighted by Gasteiger charge is 2.21. The van der Waals surface area contributed by atoms with E-state index in [9.17, 15) is 18.0 Å². The van der Waals surface area contributed by atoms with Crippen molar-refractivity contribution in [1.82, 2.24) is 19.7 Å². The quantitative estimate of drug-likeness (QED) is 0.297. The normalized spacial score (nSPS) is 11.4. The standard InChI is InChI=1S/C21H25N5O5S3/c1-4-26-17(13-34(29,30)16-8-6-14(3)7-9-16)24-25-21(26)33-12-18(27)23-20-22-15(11-32-20)10-19(28)31-5-2/h6-9,11H,4-5,10,12-13H2,1-3H3,(H,22,23,27). The first kappa shape index (κ1) is 25.8. The minimum Gasteiger partial charge on any atom is -0.466 e. The number of rotatable bonds is 11. The molecule has 3 aromatic rings. The summed E-state index contributed by atoms with van der Waals surface area (Å²) < 4.78 is 32.1. The van der Waals surface area contributed by atoms with Crippen LogP contribution in [0.4, 0.5) is 5.13 Å². The summed E-state index contributed by atoms with van der Waals surface area (Å²) in [5.74, 6) is -0.613. The lowest BCUT2D eigenvalue weighted by molar-refractivity contribution is -0.142. The highest BCUT2D eigenvalue weighted by molar-refractivity contribution is 7.99. The van der Waals surface area contributed by atoms with Gasteiger partial charge in [0, 0.05) is 11.9 Å². The fourth-order valence-corrected chi connectivity index (χ4v) is 5.76. The molecule has 1 N–H and O–H groups in total. The molecule has 0 aliphatic rings. The van der Waals surface area contributed by atoms with Crippen LogP contribution in [-0.4, -0.2) is 52.4 Å². The van der Waals surface area contributed by atoms with E-state index in [1.165, 1.54) is 11.3 Å². The van der Waals surface area contributed by atoms with Crippen molar-refractivity contribution in [2.24, 2.45) is 0 Å². The molecular formula is C21H25N5O5S3. The number of esters is 1. The highest BCUT2D eigenvalue weighted by Crippen LogP contribution is 2.22. The van der Waals surface area contributed by atoms with Crippen LogP contribution in [0, 0.1) is 6.92 Å². The van der Waals surface area contributed by atoms with Gasteiger partial charge in [-0.05, 0) is 32.9 Å². The third-order valence-electron chi connectivity index (χ3n) is 4.57. The zero-order valence-corrected chi connectivity index (χ0v) is 21.4. The highest BCUT2D eigenvalue weighted by atomic mass is 32.2. The van der Waals surface area contributed by atoms with Crippen molar-refractivity contribution in [2.75, 3.05) is 17.7 Å².